The monoisotopic (exact) mass is 189 g/mol. The Labute approximate surface area is 79.7 Å². The van der Waals surface area contributed by atoms with Gasteiger partial charge in [-0.2, -0.15) is 0 Å². The van der Waals surface area contributed by atoms with Crippen LogP contribution in [0.2, 0.25) is 0 Å². The average molecular weight is 189 g/mol. The molecule has 2 aromatic rings. The fourth-order valence-electron chi connectivity index (χ4n) is 0.973. The van der Waals surface area contributed by atoms with Gasteiger partial charge in [-0.25, -0.2) is 0 Å². The van der Waals surface area contributed by atoms with Gasteiger partial charge in [0.25, 0.3) is 5.91 Å². The molecule has 0 atom stereocenters. The number of pyridine rings is 1. The Bertz CT molecular complexity index is 411. The van der Waals surface area contributed by atoms with Crippen LogP contribution in [0.5, 0.6) is 0 Å². The van der Waals surface area contributed by atoms with E-state index in [9.17, 15) is 4.79 Å². The Balaban J connectivity index is 2.11. The molecule has 0 aliphatic carbocycles. The molecule has 0 bridgehead atoms. The lowest BCUT2D eigenvalue weighted by Gasteiger charge is -1.99. The predicted molar refractivity (Wildman–Crippen MR) is 48.7 cm³/mol. The van der Waals surface area contributed by atoms with E-state index in [1.165, 1.54) is 12.5 Å². The van der Waals surface area contributed by atoms with Crippen LogP contribution >= 0.6 is 0 Å². The van der Waals surface area contributed by atoms with Crippen molar-refractivity contribution in [2.75, 3.05) is 5.32 Å². The van der Waals surface area contributed by atoms with Crippen LogP contribution in [0, 0.1) is 0 Å². The Hall–Kier alpha value is -2.17. The summed E-state index contributed by atoms with van der Waals surface area (Å²) in [7, 11) is 0. The third-order valence-electron chi connectivity index (χ3n) is 1.63. The second-order valence-electron chi connectivity index (χ2n) is 2.60. The Kier molecular flexibility index (Phi) is 2.22. The molecule has 0 aliphatic heterocycles. The first-order chi connectivity index (χ1) is 6.86. The highest BCUT2D eigenvalue weighted by molar-refractivity contribution is 6.03. The molecule has 2 heterocycles. The Morgan fingerprint density at radius 1 is 1.36 bits per heavy atom. The maximum atomic E-state index is 11.5. The number of carbonyl (C=O) groups excluding carboxylic acids is 1. The van der Waals surface area contributed by atoms with Crippen LogP contribution in [-0.4, -0.2) is 16.0 Å². The number of hydrogen-bond donors (Lipinski definition) is 1. The highest BCUT2D eigenvalue weighted by Gasteiger charge is 2.05. The summed E-state index contributed by atoms with van der Waals surface area (Å²) in [5, 5.41) is 6.08. The fourth-order valence-corrected chi connectivity index (χ4v) is 0.973. The van der Waals surface area contributed by atoms with Gasteiger partial charge in [0.05, 0.1) is 6.20 Å². The number of anilines is 1. The van der Waals surface area contributed by atoms with Gasteiger partial charge in [-0.05, 0) is 12.1 Å². The molecule has 0 aromatic carbocycles. The molecule has 1 amide bonds. The first-order valence-electron chi connectivity index (χ1n) is 3.97. The maximum absolute atomic E-state index is 11.5. The quantitative estimate of drug-likeness (QED) is 0.773. The number of nitrogens with one attached hydrogen (secondary N) is 1. The molecule has 0 unspecified atom stereocenters. The summed E-state index contributed by atoms with van der Waals surface area (Å²) in [6.45, 7) is 0. The number of amides is 1. The standard InChI is InChI=1S/C9H7N3O2/c13-9(7-1-3-10-4-2-7)12-8-5-11-14-6-8/h1-6H,(H,12,13). The van der Waals surface area contributed by atoms with Crippen LogP contribution < -0.4 is 5.32 Å². The van der Waals surface area contributed by atoms with E-state index in [0.29, 0.717) is 11.3 Å². The molecule has 2 aromatic heterocycles. The van der Waals surface area contributed by atoms with Crippen LogP contribution in [0.4, 0.5) is 5.69 Å². The third kappa shape index (κ3) is 1.77. The number of aromatic nitrogens is 2. The lowest BCUT2D eigenvalue weighted by atomic mass is 10.2. The van der Waals surface area contributed by atoms with E-state index in [1.54, 1.807) is 24.5 Å². The SMILES string of the molecule is O=C(Nc1cnoc1)c1ccncc1. The van der Waals surface area contributed by atoms with E-state index in [4.69, 9.17) is 0 Å². The molecular weight excluding hydrogens is 182 g/mol. The van der Waals surface area contributed by atoms with Crippen molar-refractivity contribution < 1.29 is 9.32 Å². The van der Waals surface area contributed by atoms with Crippen LogP contribution in [-0.2, 0) is 0 Å². The van der Waals surface area contributed by atoms with Gasteiger partial charge in [-0.3, -0.25) is 9.78 Å². The molecule has 5 nitrogen and oxygen atoms in total. The Morgan fingerprint density at radius 3 is 2.79 bits per heavy atom. The van der Waals surface area contributed by atoms with Crippen LogP contribution in [0.1, 0.15) is 10.4 Å². The van der Waals surface area contributed by atoms with E-state index in [-0.39, 0.29) is 5.91 Å². The van der Waals surface area contributed by atoms with E-state index >= 15 is 0 Å². The summed E-state index contributed by atoms with van der Waals surface area (Å²) in [6.07, 6.45) is 5.91. The molecular formula is C9H7N3O2. The number of rotatable bonds is 2. The van der Waals surface area contributed by atoms with Gasteiger partial charge in [0, 0.05) is 18.0 Å². The second-order valence-corrected chi connectivity index (χ2v) is 2.60. The molecule has 5 heteroatoms. The zero-order chi connectivity index (χ0) is 9.80. The third-order valence-corrected chi connectivity index (χ3v) is 1.63. The van der Waals surface area contributed by atoms with Crippen molar-refractivity contribution in [3.63, 3.8) is 0 Å². The first kappa shape index (κ1) is 8.43. The van der Waals surface area contributed by atoms with Gasteiger partial charge >= 0.3 is 0 Å². The van der Waals surface area contributed by atoms with Crippen molar-refractivity contribution in [2.24, 2.45) is 0 Å². The summed E-state index contributed by atoms with van der Waals surface area (Å²) in [5.74, 6) is -0.212. The molecule has 14 heavy (non-hydrogen) atoms. The van der Waals surface area contributed by atoms with Crippen molar-refractivity contribution in [2.45, 2.75) is 0 Å². The van der Waals surface area contributed by atoms with E-state index in [1.807, 2.05) is 0 Å². The second kappa shape index (κ2) is 3.69. The molecule has 0 aliphatic rings. The normalized spacial score (nSPS) is 9.71. The van der Waals surface area contributed by atoms with Crippen LogP contribution in [0.3, 0.4) is 0 Å². The largest absolute Gasteiger partial charge is 0.363 e. The Morgan fingerprint density at radius 2 is 2.14 bits per heavy atom. The van der Waals surface area contributed by atoms with Gasteiger partial charge < -0.3 is 9.84 Å². The molecule has 0 saturated heterocycles. The lowest BCUT2D eigenvalue weighted by Crippen LogP contribution is -2.10. The van der Waals surface area contributed by atoms with E-state index < -0.39 is 0 Å². The molecule has 0 spiro atoms. The van der Waals surface area contributed by atoms with Crippen molar-refractivity contribution in [3.05, 3.63) is 42.5 Å². The first-order valence-corrected chi connectivity index (χ1v) is 3.97. The number of hydrogen-bond acceptors (Lipinski definition) is 4. The topological polar surface area (TPSA) is 68.0 Å². The van der Waals surface area contributed by atoms with Gasteiger partial charge in [-0.1, -0.05) is 5.16 Å². The molecule has 0 saturated carbocycles. The maximum Gasteiger partial charge on any atom is 0.255 e. The molecule has 2 rings (SSSR count). The van der Waals surface area contributed by atoms with Crippen molar-refractivity contribution >= 4 is 11.6 Å². The smallest absolute Gasteiger partial charge is 0.255 e. The highest BCUT2D eigenvalue weighted by Crippen LogP contribution is 2.06. The van der Waals surface area contributed by atoms with Crippen molar-refractivity contribution in [1.82, 2.24) is 10.1 Å². The molecule has 70 valence electrons. The fraction of sp³-hybridized carbons (Fsp3) is 0. The molecule has 0 radical (unpaired) electrons. The molecule has 1 N–H and O–H groups in total. The summed E-state index contributed by atoms with van der Waals surface area (Å²) in [5.41, 5.74) is 1.08. The number of nitrogens with zero attached hydrogens (tertiary/aromatic N) is 2. The van der Waals surface area contributed by atoms with Gasteiger partial charge in [0.1, 0.15) is 12.0 Å². The highest BCUT2D eigenvalue weighted by atomic mass is 16.5. The minimum atomic E-state index is -0.212. The lowest BCUT2D eigenvalue weighted by molar-refractivity contribution is 0.102. The average Bonchev–Trinajstić information content (AvgIpc) is 2.72. The number of carbonyl (C=O) groups is 1. The molecule has 0 fully saturated rings. The summed E-state index contributed by atoms with van der Waals surface area (Å²) >= 11 is 0. The van der Waals surface area contributed by atoms with E-state index in [0.717, 1.165) is 0 Å². The minimum absolute atomic E-state index is 0.212. The predicted octanol–water partition coefficient (Wildman–Crippen LogP) is 1.32. The van der Waals surface area contributed by atoms with Crippen LogP contribution in [0.15, 0.2) is 41.5 Å². The van der Waals surface area contributed by atoms with Crippen molar-refractivity contribution in [3.8, 4) is 0 Å². The minimum Gasteiger partial charge on any atom is -0.363 e. The van der Waals surface area contributed by atoms with E-state index in [2.05, 4.69) is 20.0 Å². The van der Waals surface area contributed by atoms with Crippen molar-refractivity contribution in [1.29, 1.82) is 0 Å². The summed E-state index contributed by atoms with van der Waals surface area (Å²) < 4.78 is 4.57. The van der Waals surface area contributed by atoms with Crippen LogP contribution in [0.25, 0.3) is 0 Å². The zero-order valence-corrected chi connectivity index (χ0v) is 7.18. The van der Waals surface area contributed by atoms with Gasteiger partial charge in [0.15, 0.2) is 0 Å². The summed E-state index contributed by atoms with van der Waals surface area (Å²) in [6, 6.07) is 3.26. The zero-order valence-electron chi connectivity index (χ0n) is 7.18. The van der Waals surface area contributed by atoms with Gasteiger partial charge in [0.2, 0.25) is 0 Å². The summed E-state index contributed by atoms with van der Waals surface area (Å²) in [4.78, 5) is 15.3. The van der Waals surface area contributed by atoms with Gasteiger partial charge in [-0.15, -0.1) is 0 Å².